The molecule has 0 aliphatic rings. The maximum atomic E-state index is 0. The molecule has 0 N–H and O–H groups in total. The number of rotatable bonds is 0. The number of hydrogen-bond acceptors (Lipinski definition) is 0. The molecular formula is Ir13. The second kappa shape index (κ2) is 108. The standard InChI is InChI=1S/13Ir. The molecule has 0 aliphatic heterocycles. The first-order valence-electron chi connectivity index (χ1n) is 0. The van der Waals surface area contributed by atoms with Gasteiger partial charge in [-0.1, -0.05) is 0 Å². The predicted octanol–water partition coefficient (Wildman–Crippen LogP) is -0.0325. The first-order valence-corrected chi connectivity index (χ1v) is 0. The van der Waals surface area contributed by atoms with E-state index in [1.54, 1.807) is 0 Å². The first-order chi connectivity index (χ1) is 0. The third kappa shape index (κ3) is 97.6. The van der Waals surface area contributed by atoms with E-state index < -0.39 is 0 Å². The van der Waals surface area contributed by atoms with Crippen LogP contribution in [0.15, 0.2) is 0 Å². The van der Waals surface area contributed by atoms with Gasteiger partial charge in [-0.2, -0.15) is 0 Å². The Labute approximate surface area is 255 Å². The molecule has 13 heavy (non-hydrogen) atoms. The van der Waals surface area contributed by atoms with Gasteiger partial charge in [0.25, 0.3) is 0 Å². The zero-order chi connectivity index (χ0) is 0. The molecule has 0 aliphatic carbocycles. The maximum absolute atomic E-state index is 0. The van der Waals surface area contributed by atoms with Crippen LogP contribution in [0.1, 0.15) is 0 Å². The molecule has 0 atom stereocenters. The summed E-state index contributed by atoms with van der Waals surface area (Å²) in [4.78, 5) is 0. The van der Waals surface area contributed by atoms with Gasteiger partial charge in [0.15, 0.2) is 0 Å². The van der Waals surface area contributed by atoms with Crippen LogP contribution in [-0.2, 0) is 261 Å². The van der Waals surface area contributed by atoms with E-state index in [-0.39, 0.29) is 261 Å². The average Bonchev–Trinajstić information content (AvgIpc) is 0. The van der Waals surface area contributed by atoms with Crippen LogP contribution in [0.3, 0.4) is 0 Å². The topological polar surface area (TPSA) is 0 Å². The smallest absolute Gasteiger partial charge is 0 e. The van der Waals surface area contributed by atoms with Crippen molar-refractivity contribution in [1.82, 2.24) is 0 Å². The fourth-order valence-electron chi connectivity index (χ4n) is 0. The summed E-state index contributed by atoms with van der Waals surface area (Å²) in [6.07, 6.45) is 0. The second-order valence-electron chi connectivity index (χ2n) is 0. The monoisotopic (exact) mass is 2510 g/mol. The van der Waals surface area contributed by atoms with Crippen molar-refractivity contribution in [3.63, 3.8) is 0 Å². The molecule has 0 aromatic carbocycles. The third-order valence-electron chi connectivity index (χ3n) is 0. The van der Waals surface area contributed by atoms with Crippen molar-refractivity contribution in [2.45, 2.75) is 0 Å². The minimum absolute atomic E-state index is 0. The van der Waals surface area contributed by atoms with E-state index in [0.29, 0.717) is 0 Å². The molecule has 0 saturated carbocycles. The molecule has 0 rings (SSSR count). The van der Waals surface area contributed by atoms with Crippen molar-refractivity contribution in [2.75, 3.05) is 0 Å². The van der Waals surface area contributed by atoms with E-state index in [4.69, 9.17) is 0 Å². The minimum atomic E-state index is 0. The van der Waals surface area contributed by atoms with Gasteiger partial charge in [0.1, 0.15) is 0 Å². The van der Waals surface area contributed by atoms with E-state index in [0.717, 1.165) is 0 Å². The van der Waals surface area contributed by atoms with Crippen LogP contribution < -0.4 is 0 Å². The Morgan fingerprint density at radius 3 is 0.0769 bits per heavy atom. The summed E-state index contributed by atoms with van der Waals surface area (Å²) in [6, 6.07) is 0. The molecule has 0 spiro atoms. The molecule has 0 aromatic rings. The Hall–Kier alpha value is 8.44. The quantitative estimate of drug-likeness (QED) is 0.321. The molecule has 0 bridgehead atoms. The van der Waals surface area contributed by atoms with Gasteiger partial charge in [-0.05, 0) is 0 Å². The van der Waals surface area contributed by atoms with Gasteiger partial charge in [0.2, 0.25) is 0 Å². The van der Waals surface area contributed by atoms with Gasteiger partial charge in [-0.25, -0.2) is 0 Å². The zero-order valence-corrected chi connectivity index (χ0v) is 35.5. The van der Waals surface area contributed by atoms with Crippen molar-refractivity contribution < 1.29 is 261 Å². The molecule has 0 amide bonds. The van der Waals surface area contributed by atoms with Gasteiger partial charge in [-0.15, -0.1) is 0 Å². The van der Waals surface area contributed by atoms with Gasteiger partial charge < -0.3 is 0 Å². The molecular weight excluding hydrogens is 2500 g/mol. The van der Waals surface area contributed by atoms with Crippen molar-refractivity contribution in [2.24, 2.45) is 0 Å². The summed E-state index contributed by atoms with van der Waals surface area (Å²) in [5, 5.41) is 0. The first kappa shape index (κ1) is 126. The van der Waals surface area contributed by atoms with Gasteiger partial charge >= 0.3 is 0 Å². The molecule has 0 saturated heterocycles. The van der Waals surface area contributed by atoms with Crippen molar-refractivity contribution >= 4 is 0 Å². The van der Waals surface area contributed by atoms with Gasteiger partial charge in [0.05, 0.1) is 0 Å². The van der Waals surface area contributed by atoms with Gasteiger partial charge in [-0.3, -0.25) is 0 Å². The normalized spacial score (nSPS) is 0. The van der Waals surface area contributed by atoms with E-state index in [1.165, 1.54) is 0 Å². The molecule has 13 heteroatoms. The van der Waals surface area contributed by atoms with E-state index in [1.807, 2.05) is 0 Å². The summed E-state index contributed by atoms with van der Waals surface area (Å²) in [5.41, 5.74) is 0. The number of hydrogen-bond donors (Lipinski definition) is 0. The summed E-state index contributed by atoms with van der Waals surface area (Å²) in [7, 11) is 0. The van der Waals surface area contributed by atoms with Crippen LogP contribution in [0, 0.1) is 0 Å². The summed E-state index contributed by atoms with van der Waals surface area (Å²) >= 11 is 0. The van der Waals surface area contributed by atoms with Crippen molar-refractivity contribution in [3.8, 4) is 0 Å². The minimum Gasteiger partial charge on any atom is 0 e. The molecule has 0 fully saturated rings. The average molecular weight is 2500 g/mol. The zero-order valence-electron chi connectivity index (χ0n) is 4.33. The largest absolute Gasteiger partial charge is 0 e. The SMILES string of the molecule is [Ir].[Ir].[Ir].[Ir].[Ir].[Ir].[Ir].[Ir].[Ir].[Ir].[Ir].[Ir].[Ir]. The van der Waals surface area contributed by atoms with Crippen LogP contribution in [0.2, 0.25) is 0 Å². The van der Waals surface area contributed by atoms with E-state index in [9.17, 15) is 0 Å². The van der Waals surface area contributed by atoms with Gasteiger partial charge in [0, 0.05) is 261 Å². The predicted molar refractivity (Wildman–Crippen MR) is 0 cm³/mol. The molecule has 0 heterocycles. The Bertz CT molecular complexity index is 0. The van der Waals surface area contributed by atoms with Crippen LogP contribution in [0.5, 0.6) is 0 Å². The fourth-order valence-corrected chi connectivity index (χ4v) is 0. The summed E-state index contributed by atoms with van der Waals surface area (Å²) in [6.45, 7) is 0. The van der Waals surface area contributed by atoms with Crippen LogP contribution in [-0.4, -0.2) is 0 Å². The van der Waals surface area contributed by atoms with E-state index >= 15 is 0 Å². The Morgan fingerprint density at radius 2 is 0.0769 bits per heavy atom. The molecule has 0 unspecified atom stereocenters. The van der Waals surface area contributed by atoms with Crippen LogP contribution >= 0.6 is 0 Å². The third-order valence-corrected chi connectivity index (χ3v) is 0. The second-order valence-corrected chi connectivity index (χ2v) is 0. The Kier molecular flexibility index (Phi) is 1050. The Balaban J connectivity index is 0. The molecule has 117 valence electrons. The summed E-state index contributed by atoms with van der Waals surface area (Å²) in [5.74, 6) is 0. The van der Waals surface area contributed by atoms with Crippen LogP contribution in [0.25, 0.3) is 0 Å². The van der Waals surface area contributed by atoms with Crippen molar-refractivity contribution in [3.05, 3.63) is 0 Å². The molecule has 0 nitrogen and oxygen atoms in total. The molecule has 13 radical (unpaired) electrons. The fraction of sp³-hybridized carbons (Fsp3) is 0. The summed E-state index contributed by atoms with van der Waals surface area (Å²) < 4.78 is 0. The Morgan fingerprint density at radius 1 is 0.0769 bits per heavy atom. The molecule has 0 aromatic heterocycles. The van der Waals surface area contributed by atoms with Crippen molar-refractivity contribution in [1.29, 1.82) is 0 Å². The van der Waals surface area contributed by atoms with Crippen LogP contribution in [0.4, 0.5) is 0 Å². The van der Waals surface area contributed by atoms with E-state index in [2.05, 4.69) is 0 Å². The maximum Gasteiger partial charge on any atom is 0 e.